The third-order valence-corrected chi connectivity index (χ3v) is 5.24. The molecule has 0 aliphatic carbocycles. The predicted molar refractivity (Wildman–Crippen MR) is 119 cm³/mol. The Morgan fingerprint density at radius 1 is 0.903 bits per heavy atom. The molecule has 1 unspecified atom stereocenters. The number of esters is 2. The van der Waals surface area contributed by atoms with Gasteiger partial charge in [-0.25, -0.2) is 4.79 Å². The smallest absolute Gasteiger partial charge is 0.367 e. The highest BCUT2D eigenvalue weighted by molar-refractivity contribution is 8.12. The van der Waals surface area contributed by atoms with Crippen LogP contribution in [-0.2, 0) is 28.6 Å². The largest absolute Gasteiger partial charge is 0.481 e. The maximum Gasteiger partial charge on any atom is 0.367 e. The Morgan fingerprint density at radius 3 is 2.00 bits per heavy atom. The van der Waals surface area contributed by atoms with E-state index < -0.39 is 34.7 Å². The van der Waals surface area contributed by atoms with Crippen molar-refractivity contribution in [1.82, 2.24) is 0 Å². The van der Waals surface area contributed by atoms with E-state index in [-0.39, 0.29) is 26.1 Å². The van der Waals surface area contributed by atoms with Crippen LogP contribution in [0.25, 0.3) is 0 Å². The number of hydrogen-bond acceptors (Lipinski definition) is 8. The van der Waals surface area contributed by atoms with Gasteiger partial charge in [-0.1, -0.05) is 45.4 Å². The molecule has 0 saturated carbocycles. The van der Waals surface area contributed by atoms with Crippen LogP contribution in [0, 0.1) is 5.41 Å². The third kappa shape index (κ3) is 15.6. The molecule has 1 atom stereocenters. The van der Waals surface area contributed by atoms with E-state index in [2.05, 4.69) is 0 Å². The molecule has 0 aliphatic rings. The number of rotatable bonds is 17. The monoisotopic (exact) mass is 462 g/mol. The number of thioether (sulfide) groups is 1. The Kier molecular flexibility index (Phi) is 15.9. The van der Waals surface area contributed by atoms with Gasteiger partial charge >= 0.3 is 23.2 Å². The molecular formula is C22H38O8S. The van der Waals surface area contributed by atoms with Gasteiger partial charge in [0.1, 0.15) is 13.2 Å². The van der Waals surface area contributed by atoms with Gasteiger partial charge in [-0.05, 0) is 44.7 Å². The summed E-state index contributed by atoms with van der Waals surface area (Å²) in [4.78, 5) is 45.9. The summed E-state index contributed by atoms with van der Waals surface area (Å²) in [6.07, 6.45) is 8.43. The third-order valence-electron chi connectivity index (χ3n) is 4.79. The van der Waals surface area contributed by atoms with Crippen LogP contribution < -0.4 is 0 Å². The van der Waals surface area contributed by atoms with E-state index in [1.54, 1.807) is 13.2 Å². The number of carboxylic acids is 1. The molecule has 1 N–H and O–H groups in total. The standard InChI is InChI=1S/C22H38O8S/c1-5-19(25)28-15-17(16-29-21(27)31-4)30-20(26)22(2,3)14-12-10-8-6-7-9-11-13-18(23)24/h17H,5-16H2,1-4H3,(H,23,24). The van der Waals surface area contributed by atoms with Crippen molar-refractivity contribution < 1.29 is 38.5 Å². The Balaban J connectivity index is 4.33. The van der Waals surface area contributed by atoms with E-state index in [9.17, 15) is 19.2 Å². The molecule has 31 heavy (non-hydrogen) atoms. The van der Waals surface area contributed by atoms with E-state index in [0.29, 0.717) is 6.42 Å². The summed E-state index contributed by atoms with van der Waals surface area (Å²) in [5.41, 5.74) is -0.710. The normalized spacial score (nSPS) is 12.1. The lowest BCUT2D eigenvalue weighted by atomic mass is 9.87. The number of carbonyl (C=O) groups is 4. The van der Waals surface area contributed by atoms with Crippen LogP contribution >= 0.6 is 11.8 Å². The lowest BCUT2D eigenvalue weighted by molar-refractivity contribution is -0.169. The molecule has 0 aromatic rings. The van der Waals surface area contributed by atoms with Gasteiger partial charge in [-0.15, -0.1) is 0 Å². The lowest BCUT2D eigenvalue weighted by Gasteiger charge is -2.26. The Morgan fingerprint density at radius 2 is 1.45 bits per heavy atom. The molecule has 0 aliphatic heterocycles. The van der Waals surface area contributed by atoms with Gasteiger partial charge in [0.05, 0.1) is 5.41 Å². The molecule has 180 valence electrons. The minimum Gasteiger partial charge on any atom is -0.481 e. The average Bonchev–Trinajstić information content (AvgIpc) is 2.73. The molecule has 8 nitrogen and oxygen atoms in total. The highest BCUT2D eigenvalue weighted by atomic mass is 32.2. The van der Waals surface area contributed by atoms with Crippen molar-refractivity contribution in [1.29, 1.82) is 0 Å². The Hall–Kier alpha value is -1.77. The second kappa shape index (κ2) is 16.9. The second-order valence-electron chi connectivity index (χ2n) is 8.08. The van der Waals surface area contributed by atoms with Crippen LogP contribution in [0.3, 0.4) is 0 Å². The zero-order chi connectivity index (χ0) is 23.7. The van der Waals surface area contributed by atoms with Crippen LogP contribution in [0.15, 0.2) is 0 Å². The minimum absolute atomic E-state index is 0.155. The lowest BCUT2D eigenvalue weighted by Crippen LogP contribution is -2.36. The van der Waals surface area contributed by atoms with Crippen molar-refractivity contribution in [3.63, 3.8) is 0 Å². The van der Waals surface area contributed by atoms with E-state index in [0.717, 1.165) is 56.7 Å². The van der Waals surface area contributed by atoms with Crippen molar-refractivity contribution in [2.75, 3.05) is 19.5 Å². The van der Waals surface area contributed by atoms with Crippen LogP contribution in [0.4, 0.5) is 4.79 Å². The molecule has 0 radical (unpaired) electrons. The molecule has 0 fully saturated rings. The molecule has 0 heterocycles. The molecular weight excluding hydrogens is 424 g/mol. The van der Waals surface area contributed by atoms with Gasteiger partial charge in [0, 0.05) is 12.8 Å². The van der Waals surface area contributed by atoms with E-state index in [1.807, 2.05) is 13.8 Å². The number of unbranched alkanes of at least 4 members (excludes halogenated alkanes) is 6. The fourth-order valence-electron chi connectivity index (χ4n) is 2.76. The molecule has 0 aromatic carbocycles. The molecule has 9 heteroatoms. The summed E-state index contributed by atoms with van der Waals surface area (Å²) in [6.45, 7) is 4.96. The van der Waals surface area contributed by atoms with Gasteiger partial charge < -0.3 is 19.3 Å². The second-order valence-corrected chi connectivity index (χ2v) is 8.82. The van der Waals surface area contributed by atoms with Crippen LogP contribution in [0.5, 0.6) is 0 Å². The Labute approximate surface area is 189 Å². The maximum atomic E-state index is 12.6. The molecule has 0 aromatic heterocycles. The predicted octanol–water partition coefficient (Wildman–Crippen LogP) is 4.97. The summed E-state index contributed by atoms with van der Waals surface area (Å²) in [5, 5.41) is 8.12. The fourth-order valence-corrected chi connectivity index (χ4v) is 2.95. The molecule has 0 amide bonds. The van der Waals surface area contributed by atoms with Crippen molar-refractivity contribution in [3.05, 3.63) is 0 Å². The van der Waals surface area contributed by atoms with Crippen LogP contribution in [0.2, 0.25) is 0 Å². The zero-order valence-corrected chi connectivity index (χ0v) is 20.1. The van der Waals surface area contributed by atoms with Gasteiger partial charge in [0.15, 0.2) is 6.10 Å². The van der Waals surface area contributed by atoms with E-state index in [4.69, 9.17) is 19.3 Å². The highest BCUT2D eigenvalue weighted by Gasteiger charge is 2.31. The highest BCUT2D eigenvalue weighted by Crippen LogP contribution is 2.27. The topological polar surface area (TPSA) is 116 Å². The maximum absolute atomic E-state index is 12.6. The summed E-state index contributed by atoms with van der Waals surface area (Å²) in [5.74, 6) is -1.58. The van der Waals surface area contributed by atoms with Crippen LogP contribution in [-0.4, -0.2) is 53.9 Å². The first-order valence-electron chi connectivity index (χ1n) is 10.9. The summed E-state index contributed by atoms with van der Waals surface area (Å²) < 4.78 is 15.6. The van der Waals surface area contributed by atoms with E-state index in [1.165, 1.54) is 0 Å². The van der Waals surface area contributed by atoms with Crippen molar-refractivity contribution in [2.45, 2.75) is 91.1 Å². The first kappa shape index (κ1) is 29.2. The SMILES string of the molecule is CCC(=O)OCC(COC(=O)SC)OC(=O)C(C)(C)CCCCCCCCCC(=O)O. The summed E-state index contributed by atoms with van der Waals surface area (Å²) >= 11 is 0.908. The zero-order valence-electron chi connectivity index (χ0n) is 19.3. The molecule has 0 bridgehead atoms. The molecule has 0 spiro atoms. The van der Waals surface area contributed by atoms with Gasteiger partial charge in [-0.2, -0.15) is 0 Å². The minimum atomic E-state index is -0.843. The number of hydrogen-bond donors (Lipinski definition) is 1. The first-order chi connectivity index (χ1) is 14.6. The number of aliphatic carboxylic acids is 1. The first-order valence-corrected chi connectivity index (χ1v) is 12.1. The van der Waals surface area contributed by atoms with Crippen molar-refractivity contribution >= 4 is 35.0 Å². The van der Waals surface area contributed by atoms with Crippen molar-refractivity contribution in [3.8, 4) is 0 Å². The van der Waals surface area contributed by atoms with Crippen molar-refractivity contribution in [2.24, 2.45) is 5.41 Å². The average molecular weight is 463 g/mol. The van der Waals surface area contributed by atoms with Gasteiger partial charge in [-0.3, -0.25) is 14.4 Å². The fraction of sp³-hybridized carbons (Fsp3) is 0.818. The molecule has 0 rings (SSSR count). The van der Waals surface area contributed by atoms with Gasteiger partial charge in [0.2, 0.25) is 0 Å². The quantitative estimate of drug-likeness (QED) is 0.181. The van der Waals surface area contributed by atoms with Gasteiger partial charge in [0.25, 0.3) is 0 Å². The molecule has 0 saturated heterocycles. The Bertz CT molecular complexity index is 542. The van der Waals surface area contributed by atoms with E-state index >= 15 is 0 Å². The number of carbonyl (C=O) groups excluding carboxylic acids is 3. The number of ether oxygens (including phenoxy) is 3. The summed E-state index contributed by atoms with van der Waals surface area (Å²) in [7, 11) is 0. The summed E-state index contributed by atoms with van der Waals surface area (Å²) in [6, 6.07) is 0. The number of carboxylic acid groups (broad SMARTS) is 1. The van der Waals surface area contributed by atoms with Crippen LogP contribution in [0.1, 0.15) is 85.0 Å².